The van der Waals surface area contributed by atoms with Crippen molar-refractivity contribution >= 4 is 47.0 Å². The highest BCUT2D eigenvalue weighted by molar-refractivity contribution is 6.66. The van der Waals surface area contributed by atoms with Crippen molar-refractivity contribution in [1.82, 2.24) is 4.57 Å². The largest absolute Gasteiger partial charge is 0.494 e. The third kappa shape index (κ3) is 5.82. The van der Waals surface area contributed by atoms with Crippen LogP contribution in [0.5, 0.6) is 5.75 Å². The highest BCUT2D eigenvalue weighted by atomic mass is 16.7. The summed E-state index contributed by atoms with van der Waals surface area (Å²) >= 11 is 0. The van der Waals surface area contributed by atoms with Crippen LogP contribution in [0.1, 0.15) is 81.1 Å². The quantitative estimate of drug-likeness (QED) is 0.146. The van der Waals surface area contributed by atoms with Crippen LogP contribution in [-0.4, -0.2) is 47.8 Å². The second-order valence-corrected chi connectivity index (χ2v) is 14.5. The minimum atomic E-state index is -0.495. The lowest BCUT2D eigenvalue weighted by Gasteiger charge is -2.32. The van der Waals surface area contributed by atoms with Gasteiger partial charge in [-0.15, -0.1) is 0 Å². The van der Waals surface area contributed by atoms with Crippen LogP contribution in [0.15, 0.2) is 66.7 Å². The van der Waals surface area contributed by atoms with E-state index in [1.165, 1.54) is 21.8 Å². The number of ether oxygens (including phenoxy) is 1. The van der Waals surface area contributed by atoms with Crippen molar-refractivity contribution in [1.29, 1.82) is 0 Å². The van der Waals surface area contributed by atoms with Crippen LogP contribution in [0, 0.1) is 0 Å². The zero-order valence-corrected chi connectivity index (χ0v) is 27.7. The van der Waals surface area contributed by atoms with Crippen molar-refractivity contribution in [3.05, 3.63) is 66.7 Å². The summed E-state index contributed by atoms with van der Waals surface area (Å²) in [6.45, 7) is 18.2. The highest BCUT2D eigenvalue weighted by Crippen LogP contribution is 2.38. The zero-order valence-electron chi connectivity index (χ0n) is 27.7. The molecule has 2 fully saturated rings. The average molecular weight is 595 g/mol. The SMILES string of the molecule is CC1(C)OB(c2cc(OCCCCCCn3c4ccccc4c4ccccc43)cc(B3OC(C)(C)C(C)(C)O3)c2)OC1(C)C. The summed E-state index contributed by atoms with van der Waals surface area (Å²) in [4.78, 5) is 0. The molecule has 2 aliphatic heterocycles. The van der Waals surface area contributed by atoms with E-state index in [4.69, 9.17) is 23.4 Å². The Hall–Kier alpha value is -2.77. The van der Waals surface area contributed by atoms with Crippen LogP contribution < -0.4 is 15.7 Å². The molecule has 4 aromatic rings. The molecular weight excluding hydrogens is 548 g/mol. The summed E-state index contributed by atoms with van der Waals surface area (Å²) in [7, 11) is -0.990. The molecule has 2 saturated heterocycles. The number of para-hydroxylation sites is 2. The molecule has 3 heterocycles. The number of hydrogen-bond donors (Lipinski definition) is 0. The molecule has 8 heteroatoms. The van der Waals surface area contributed by atoms with Crippen LogP contribution in [0.3, 0.4) is 0 Å². The van der Waals surface area contributed by atoms with Gasteiger partial charge in [0.15, 0.2) is 0 Å². The maximum atomic E-state index is 6.40. The van der Waals surface area contributed by atoms with E-state index in [1.807, 2.05) is 12.1 Å². The van der Waals surface area contributed by atoms with Crippen molar-refractivity contribution < 1.29 is 23.4 Å². The van der Waals surface area contributed by atoms with E-state index in [1.54, 1.807) is 0 Å². The van der Waals surface area contributed by atoms with Gasteiger partial charge >= 0.3 is 14.2 Å². The van der Waals surface area contributed by atoms with Crippen molar-refractivity contribution in [2.75, 3.05) is 6.61 Å². The van der Waals surface area contributed by atoms with Gasteiger partial charge in [0, 0.05) is 28.4 Å². The first kappa shape index (κ1) is 31.2. The van der Waals surface area contributed by atoms with E-state index in [2.05, 4.69) is 115 Å². The number of aromatic nitrogens is 1. The van der Waals surface area contributed by atoms with Crippen molar-refractivity contribution in [3.63, 3.8) is 0 Å². The number of aryl methyl sites for hydroxylation is 1. The number of fused-ring (bicyclic) bond motifs is 3. The molecule has 44 heavy (non-hydrogen) atoms. The molecule has 0 atom stereocenters. The Morgan fingerprint density at radius 2 is 1.00 bits per heavy atom. The Balaban J connectivity index is 1.09. The first-order valence-corrected chi connectivity index (χ1v) is 16.2. The van der Waals surface area contributed by atoms with E-state index in [-0.39, 0.29) is 0 Å². The van der Waals surface area contributed by atoms with Crippen molar-refractivity contribution in [2.45, 2.75) is 110 Å². The van der Waals surface area contributed by atoms with Gasteiger partial charge in [0.2, 0.25) is 0 Å². The number of nitrogens with zero attached hydrogens (tertiary/aromatic N) is 1. The van der Waals surface area contributed by atoms with E-state index >= 15 is 0 Å². The van der Waals surface area contributed by atoms with E-state index in [9.17, 15) is 0 Å². The Morgan fingerprint density at radius 3 is 1.48 bits per heavy atom. The molecule has 0 bridgehead atoms. The predicted octanol–water partition coefficient (Wildman–Crippen LogP) is 7.03. The molecule has 0 unspecified atom stereocenters. The number of benzene rings is 3. The summed E-state index contributed by atoms with van der Waals surface area (Å²) in [5, 5.41) is 2.67. The Bertz CT molecular complexity index is 1500. The predicted molar refractivity (Wildman–Crippen MR) is 181 cm³/mol. The summed E-state index contributed by atoms with van der Waals surface area (Å²) < 4.78 is 34.4. The molecule has 3 aromatic carbocycles. The third-order valence-electron chi connectivity index (χ3n) is 10.2. The second kappa shape index (κ2) is 11.5. The maximum Gasteiger partial charge on any atom is 0.494 e. The van der Waals surface area contributed by atoms with E-state index in [0.717, 1.165) is 48.9 Å². The fourth-order valence-corrected chi connectivity index (χ4v) is 6.12. The molecule has 0 N–H and O–H groups in total. The van der Waals surface area contributed by atoms with Gasteiger partial charge < -0.3 is 27.9 Å². The molecular formula is C36H47B2NO5. The fourth-order valence-electron chi connectivity index (χ4n) is 6.12. The second-order valence-electron chi connectivity index (χ2n) is 14.5. The smallest absolute Gasteiger partial charge is 0.494 e. The number of unbranched alkanes of at least 4 members (excludes halogenated alkanes) is 3. The van der Waals surface area contributed by atoms with Crippen LogP contribution in [0.25, 0.3) is 21.8 Å². The van der Waals surface area contributed by atoms with Gasteiger partial charge in [-0.3, -0.25) is 0 Å². The topological polar surface area (TPSA) is 51.1 Å². The normalized spacial score (nSPS) is 20.2. The van der Waals surface area contributed by atoms with Crippen LogP contribution in [-0.2, 0) is 25.2 Å². The standard InChI is InChI=1S/C36H47B2NO5/c1-33(2)34(3,4)42-37(41-33)26-23-27(38-43-35(5,6)36(7,8)44-38)25-28(24-26)40-22-16-10-9-15-21-39-31-19-13-11-17-29(31)30-18-12-14-20-32(30)39/h11-14,17-20,23-25H,9-10,15-16,21-22H2,1-8H3. The minimum absolute atomic E-state index is 0.432. The molecule has 0 spiro atoms. The Morgan fingerprint density at radius 1 is 0.568 bits per heavy atom. The van der Waals surface area contributed by atoms with Crippen LogP contribution in [0.2, 0.25) is 0 Å². The highest BCUT2D eigenvalue weighted by Gasteiger charge is 2.54. The van der Waals surface area contributed by atoms with E-state index < -0.39 is 36.6 Å². The van der Waals surface area contributed by atoms with Crippen LogP contribution >= 0.6 is 0 Å². The lowest BCUT2D eigenvalue weighted by molar-refractivity contribution is 0.00578. The summed E-state index contributed by atoms with van der Waals surface area (Å²) in [6, 6.07) is 23.6. The Labute approximate surface area is 263 Å². The van der Waals surface area contributed by atoms with Crippen molar-refractivity contribution in [2.24, 2.45) is 0 Å². The summed E-state index contributed by atoms with van der Waals surface area (Å²) in [5.74, 6) is 0.784. The van der Waals surface area contributed by atoms with Gasteiger partial charge in [-0.05, 0) is 103 Å². The fraction of sp³-hybridized carbons (Fsp3) is 0.500. The average Bonchev–Trinajstić information content (AvgIpc) is 3.49. The molecule has 6 nitrogen and oxygen atoms in total. The van der Waals surface area contributed by atoms with E-state index in [0.29, 0.717) is 6.61 Å². The molecule has 0 amide bonds. The number of hydrogen-bond acceptors (Lipinski definition) is 5. The molecule has 0 saturated carbocycles. The molecule has 0 radical (unpaired) electrons. The van der Waals surface area contributed by atoms with Gasteiger partial charge in [0.25, 0.3) is 0 Å². The first-order valence-electron chi connectivity index (χ1n) is 16.2. The van der Waals surface area contributed by atoms with Gasteiger partial charge in [0.1, 0.15) is 5.75 Å². The zero-order chi connectivity index (χ0) is 31.3. The lowest BCUT2D eigenvalue weighted by atomic mass is 9.71. The third-order valence-corrected chi connectivity index (χ3v) is 10.2. The Kier molecular flexibility index (Phi) is 8.19. The summed E-state index contributed by atoms with van der Waals surface area (Å²) in [5.41, 5.74) is 2.73. The molecule has 232 valence electrons. The molecule has 6 rings (SSSR count). The van der Waals surface area contributed by atoms with Crippen LogP contribution in [0.4, 0.5) is 0 Å². The van der Waals surface area contributed by atoms with Gasteiger partial charge in [-0.2, -0.15) is 0 Å². The summed E-state index contributed by atoms with van der Waals surface area (Å²) in [6.07, 6.45) is 4.38. The first-order chi connectivity index (χ1) is 20.8. The lowest BCUT2D eigenvalue weighted by Crippen LogP contribution is -2.41. The number of rotatable bonds is 10. The van der Waals surface area contributed by atoms with Gasteiger partial charge in [-0.1, -0.05) is 55.3 Å². The molecule has 0 aliphatic carbocycles. The van der Waals surface area contributed by atoms with Gasteiger partial charge in [-0.25, -0.2) is 0 Å². The minimum Gasteiger partial charge on any atom is -0.494 e. The monoisotopic (exact) mass is 595 g/mol. The van der Waals surface area contributed by atoms with Crippen molar-refractivity contribution in [3.8, 4) is 5.75 Å². The molecule has 1 aromatic heterocycles. The molecule has 2 aliphatic rings. The maximum absolute atomic E-state index is 6.40. The van der Waals surface area contributed by atoms with Gasteiger partial charge in [0.05, 0.1) is 29.0 Å².